The van der Waals surface area contributed by atoms with Crippen molar-refractivity contribution in [1.29, 1.82) is 0 Å². The Labute approximate surface area is 324 Å². The molecule has 2 aromatic carbocycles. The third-order valence-electron chi connectivity index (χ3n) is 8.55. The Balaban J connectivity index is 0.00000316. The van der Waals surface area contributed by atoms with Crippen LogP contribution < -0.4 is 62.0 Å². The molecule has 11 heteroatoms. The van der Waals surface area contributed by atoms with Crippen LogP contribution in [0.3, 0.4) is 0 Å². The number of halogens is 1. The van der Waals surface area contributed by atoms with Crippen molar-refractivity contribution in [2.75, 3.05) is 56.7 Å². The van der Waals surface area contributed by atoms with E-state index in [1.165, 1.54) is 17.0 Å². The number of nitrogens with two attached hydrogens (primary N) is 1. The molecule has 44 heavy (non-hydrogen) atoms. The first kappa shape index (κ1) is 42.1. The number of carbonyl (C=O) groups is 1. The fourth-order valence-corrected chi connectivity index (χ4v) is 6.83. The summed E-state index contributed by atoms with van der Waals surface area (Å²) in [5, 5.41) is 28.7. The number of quaternary nitrogens is 1. The smallest absolute Gasteiger partial charge is 0.684 e. The number of carbonyl (C=O) groups excluding carboxylic acids is 1. The van der Waals surface area contributed by atoms with Gasteiger partial charge in [-0.25, -0.2) is 0 Å². The molecule has 0 fully saturated rings. The second-order valence-electron chi connectivity index (χ2n) is 12.0. The first-order valence-electron chi connectivity index (χ1n) is 15.0. The third kappa shape index (κ3) is 11.1. The second-order valence-corrected chi connectivity index (χ2v) is 14.7. The average molecular weight is 736 g/mol. The van der Waals surface area contributed by atoms with E-state index in [0.29, 0.717) is 31.1 Å². The average Bonchev–Trinajstić information content (AvgIpc) is 3.18. The molecule has 2 aromatic rings. The summed E-state index contributed by atoms with van der Waals surface area (Å²) < 4.78 is 2.21. The Morgan fingerprint density at radius 1 is 1.09 bits per heavy atom. The van der Waals surface area contributed by atoms with E-state index in [4.69, 9.17) is 5.32 Å². The molecule has 0 saturated carbocycles. The molecular formula is C33H52BrKN4O3S2+2. The van der Waals surface area contributed by atoms with Crippen molar-refractivity contribution in [1.82, 2.24) is 5.32 Å². The van der Waals surface area contributed by atoms with E-state index >= 15 is 0 Å². The molecule has 3 rings (SSSR count). The number of aliphatic hydroxyl groups excluding tert-OH is 2. The fraction of sp³-hybridized carbons (Fsp3) is 0.576. The number of amides is 1. The van der Waals surface area contributed by atoms with Crippen LogP contribution in [0.1, 0.15) is 70.0 Å². The quantitative estimate of drug-likeness (QED) is 0.0531. The Morgan fingerprint density at radius 2 is 1.77 bits per heavy atom. The van der Waals surface area contributed by atoms with Gasteiger partial charge in [0.05, 0.1) is 12.0 Å². The molecule has 0 aliphatic carbocycles. The molecule has 0 atom stereocenters. The third-order valence-corrected chi connectivity index (χ3v) is 10.9. The van der Waals surface area contributed by atoms with Gasteiger partial charge in [-0.15, -0.1) is 12.2 Å². The van der Waals surface area contributed by atoms with Crippen molar-refractivity contribution in [2.24, 2.45) is 5.92 Å². The maximum absolute atomic E-state index is 12.9. The monoisotopic (exact) mass is 734 g/mol. The Morgan fingerprint density at radius 3 is 2.41 bits per heavy atom. The molecule has 1 amide bonds. The topological polar surface area (TPSA) is 103 Å². The number of β-amino-alcohol motifs (C(OH)–C–C–N with tert-alkyl or cyclic N) is 1. The number of hydrogen-bond acceptors (Lipinski definition) is 5. The van der Waals surface area contributed by atoms with Crippen LogP contribution in [0, 0.1) is 5.92 Å². The minimum absolute atomic E-state index is 0. The normalized spacial score (nSPS) is 13.6. The summed E-state index contributed by atoms with van der Waals surface area (Å²) >= 11 is 2.94. The number of nitrogens with zero attached hydrogens (tertiary/aromatic N) is 2. The van der Waals surface area contributed by atoms with Crippen molar-refractivity contribution < 1.29 is 76.3 Å². The Bertz CT molecular complexity index is 1240. The van der Waals surface area contributed by atoms with Gasteiger partial charge >= 0.3 is 51.4 Å². The molecule has 7 nitrogen and oxygen atoms in total. The molecule has 240 valence electrons. The number of rotatable bonds is 16. The van der Waals surface area contributed by atoms with Crippen molar-refractivity contribution in [3.63, 3.8) is 0 Å². The van der Waals surface area contributed by atoms with Gasteiger partial charge in [-0.2, -0.15) is 4.58 Å². The van der Waals surface area contributed by atoms with Crippen LogP contribution in [0.5, 0.6) is 0 Å². The maximum Gasteiger partial charge on any atom is 1.00 e. The van der Waals surface area contributed by atoms with Crippen molar-refractivity contribution in [3.8, 4) is 0 Å². The van der Waals surface area contributed by atoms with Gasteiger partial charge in [0, 0.05) is 48.0 Å². The Kier molecular flexibility index (Phi) is 19.6. The zero-order chi connectivity index (χ0) is 32.2. The maximum atomic E-state index is 12.9. The van der Waals surface area contributed by atoms with Gasteiger partial charge in [-0.3, -0.25) is 4.79 Å². The van der Waals surface area contributed by atoms with Gasteiger partial charge in [-0.1, -0.05) is 77.3 Å². The second kappa shape index (κ2) is 20.4. The summed E-state index contributed by atoms with van der Waals surface area (Å²) in [6.07, 6.45) is 0. The summed E-state index contributed by atoms with van der Waals surface area (Å²) in [5.74, 6) is 3.89. The molecule has 1 heterocycles. The van der Waals surface area contributed by atoms with E-state index in [1.807, 2.05) is 24.0 Å². The molecule has 1 aliphatic heterocycles. The van der Waals surface area contributed by atoms with Crippen LogP contribution in [0.25, 0.3) is 5.32 Å². The molecule has 5 N–H and O–H groups in total. The predicted molar refractivity (Wildman–Crippen MR) is 190 cm³/mol. The van der Waals surface area contributed by atoms with Crippen LogP contribution in [0.2, 0.25) is 0 Å². The zero-order valence-electron chi connectivity index (χ0n) is 28.2. The number of nitrogens with one attached hydrogen (secondary N) is 1. The van der Waals surface area contributed by atoms with E-state index in [-0.39, 0.29) is 81.3 Å². The fourth-order valence-electron chi connectivity index (χ4n) is 5.06. The van der Waals surface area contributed by atoms with Crippen LogP contribution in [-0.2, 0) is 10.8 Å². The minimum atomic E-state index is -0.0945. The number of hydrogen-bond donors (Lipinski definition) is 4. The van der Waals surface area contributed by atoms with Gasteiger partial charge in [0.2, 0.25) is 5.69 Å². The van der Waals surface area contributed by atoms with Crippen LogP contribution in [-0.4, -0.2) is 83.1 Å². The molecular weight excluding hydrogens is 684 g/mol. The van der Waals surface area contributed by atoms with E-state index < -0.39 is 0 Å². The zero-order valence-corrected chi connectivity index (χ0v) is 34.5. The van der Waals surface area contributed by atoms with E-state index in [1.54, 1.807) is 21.6 Å². The molecule has 0 aromatic heterocycles. The molecule has 0 spiro atoms. The standard InChI is InChI=1S/C32H48N4O3S2.CH3Br.K/c1-22(2)31(4,5)26-20-24(8-10-28(26)34-12-16-37)30(39)35-14-19-41-40-18-13-33-25-9-11-29-27(21-25)32(6,7)23(3)36(29)15-17-38;1-2;/h8-11,20-22,37-38H,12-19H2,1-7H3,(H2,34,35,39);1H3;/q;;+1/p+1. The number of fused-ring (bicyclic) bond motifs is 1. The van der Waals surface area contributed by atoms with Crippen molar-refractivity contribution >= 4 is 66.2 Å². The SMILES string of the molecule is CBr.CC1=[N+](CCO)c2ccc([N-]CCSSCCNC(=O)c3ccc([NH2+]CCO)c(C(C)(C)C(C)C)c3)cc2C1(C)C.[K+]. The van der Waals surface area contributed by atoms with Gasteiger partial charge in [0.25, 0.3) is 5.91 Å². The van der Waals surface area contributed by atoms with Crippen LogP contribution >= 0.6 is 37.5 Å². The van der Waals surface area contributed by atoms with Crippen LogP contribution in [0.4, 0.5) is 17.1 Å². The van der Waals surface area contributed by atoms with Crippen molar-refractivity contribution in [2.45, 2.75) is 59.3 Å². The largest absolute Gasteiger partial charge is 1.00 e. The van der Waals surface area contributed by atoms with Gasteiger partial charge < -0.3 is 26.2 Å². The van der Waals surface area contributed by atoms with Gasteiger partial charge in [0.1, 0.15) is 18.8 Å². The summed E-state index contributed by atoms with van der Waals surface area (Å²) in [5.41, 5.74) is 7.43. The van der Waals surface area contributed by atoms with E-state index in [2.05, 4.69) is 97.8 Å². The molecule has 0 saturated heterocycles. The van der Waals surface area contributed by atoms with E-state index in [0.717, 1.165) is 35.0 Å². The molecule has 0 radical (unpaired) electrons. The predicted octanol–water partition coefficient (Wildman–Crippen LogP) is 3.03. The molecule has 1 aliphatic rings. The number of aliphatic hydroxyl groups is 2. The van der Waals surface area contributed by atoms with Gasteiger partial charge in [-0.05, 0) is 48.9 Å². The Hall–Kier alpha value is 0.0764. The number of benzene rings is 2. The summed E-state index contributed by atoms with van der Waals surface area (Å²) in [4.78, 5) is 12.9. The van der Waals surface area contributed by atoms with Gasteiger partial charge in [0.15, 0.2) is 12.3 Å². The number of alkyl halides is 1. The van der Waals surface area contributed by atoms with Crippen molar-refractivity contribution in [3.05, 3.63) is 58.4 Å². The van der Waals surface area contributed by atoms with Crippen LogP contribution in [0.15, 0.2) is 36.4 Å². The minimum Gasteiger partial charge on any atom is -0.684 e. The summed E-state index contributed by atoms with van der Waals surface area (Å²) in [6, 6.07) is 12.3. The molecule has 0 bridgehead atoms. The molecule has 0 unspecified atom stereocenters. The van der Waals surface area contributed by atoms with E-state index in [9.17, 15) is 15.0 Å². The first-order valence-corrected chi connectivity index (χ1v) is 19.1. The first-order chi connectivity index (χ1) is 20.4. The summed E-state index contributed by atoms with van der Waals surface area (Å²) in [7, 11) is 3.53. The summed E-state index contributed by atoms with van der Waals surface area (Å²) in [6.45, 7) is 18.2.